The Morgan fingerprint density at radius 3 is 2.46 bits per heavy atom. The first-order valence-electron chi connectivity index (χ1n) is 12.0. The van der Waals surface area contributed by atoms with Gasteiger partial charge in [-0.05, 0) is 41.7 Å². The summed E-state index contributed by atoms with van der Waals surface area (Å²) in [6.45, 7) is 3.82. The number of nitrogens with one attached hydrogen (secondary N) is 2. The number of hydrogen-bond donors (Lipinski definition) is 2. The highest BCUT2D eigenvalue weighted by molar-refractivity contribution is 6.07. The number of urea groups is 1. The van der Waals surface area contributed by atoms with Crippen molar-refractivity contribution in [3.05, 3.63) is 65.2 Å². The van der Waals surface area contributed by atoms with Gasteiger partial charge in [-0.3, -0.25) is 19.7 Å². The summed E-state index contributed by atoms with van der Waals surface area (Å²) in [7, 11) is 1.63. The maximum atomic E-state index is 13.3. The molecule has 2 aromatic carbocycles. The van der Waals surface area contributed by atoms with Gasteiger partial charge in [0.25, 0.3) is 5.91 Å². The van der Waals surface area contributed by atoms with Crippen molar-refractivity contribution in [2.45, 2.75) is 51.1 Å². The average Bonchev–Trinajstić information content (AvgIpc) is 3.30. The number of carbonyl (C=O) groups excluding carboxylic acids is 4. The van der Waals surface area contributed by atoms with Crippen molar-refractivity contribution < 1.29 is 19.2 Å². The third-order valence-corrected chi connectivity index (χ3v) is 7.80. The summed E-state index contributed by atoms with van der Waals surface area (Å²) < 4.78 is 0. The number of nitrogens with zero attached hydrogens (tertiary/aromatic N) is 2. The molecule has 1 aliphatic carbocycles. The van der Waals surface area contributed by atoms with Crippen molar-refractivity contribution in [1.82, 2.24) is 15.1 Å². The van der Waals surface area contributed by atoms with Gasteiger partial charge in [0, 0.05) is 31.0 Å². The smallest absolute Gasteiger partial charge is 0.324 e. The first-order chi connectivity index (χ1) is 16.6. The largest absolute Gasteiger partial charge is 0.326 e. The van der Waals surface area contributed by atoms with E-state index in [9.17, 15) is 19.2 Å². The van der Waals surface area contributed by atoms with E-state index in [1.54, 1.807) is 18.0 Å². The Kier molecular flexibility index (Phi) is 5.42. The molecule has 182 valence electrons. The van der Waals surface area contributed by atoms with Crippen LogP contribution in [0.15, 0.2) is 48.5 Å². The standard InChI is InChI=1S/C27H30N4O4/c1-26(2)12-11-21(17-7-5-4-6-8-17)31(24(26)34)16-22(32)28-20-10-9-18-14-27(15-19(18)13-20)23(33)29-25(35)30(27)3/h4-10,13,21H,11-12,14-16H2,1-3H3,(H,28,32)(H,29,33,35). The molecule has 2 fully saturated rings. The fourth-order valence-corrected chi connectivity index (χ4v) is 5.62. The molecule has 0 bridgehead atoms. The zero-order valence-corrected chi connectivity index (χ0v) is 20.3. The van der Waals surface area contributed by atoms with Crippen molar-refractivity contribution in [2.24, 2.45) is 5.41 Å². The molecule has 0 radical (unpaired) electrons. The Bertz CT molecular complexity index is 1220. The van der Waals surface area contributed by atoms with Gasteiger partial charge >= 0.3 is 6.03 Å². The topological polar surface area (TPSA) is 98.8 Å². The maximum absolute atomic E-state index is 13.3. The molecule has 2 saturated heterocycles. The summed E-state index contributed by atoms with van der Waals surface area (Å²) in [6.07, 6.45) is 2.40. The Labute approximate surface area is 204 Å². The molecule has 35 heavy (non-hydrogen) atoms. The minimum atomic E-state index is -0.906. The lowest BCUT2D eigenvalue weighted by Crippen LogP contribution is -2.50. The van der Waals surface area contributed by atoms with Gasteiger partial charge in [-0.2, -0.15) is 0 Å². The first-order valence-corrected chi connectivity index (χ1v) is 12.0. The summed E-state index contributed by atoms with van der Waals surface area (Å²) in [5.41, 5.74) is 2.13. The lowest BCUT2D eigenvalue weighted by atomic mass is 9.78. The van der Waals surface area contributed by atoms with Gasteiger partial charge in [0.1, 0.15) is 12.1 Å². The summed E-state index contributed by atoms with van der Waals surface area (Å²) in [5, 5.41) is 5.33. The molecule has 2 aromatic rings. The molecule has 2 N–H and O–H groups in total. The highest BCUT2D eigenvalue weighted by Gasteiger charge is 2.54. The van der Waals surface area contributed by atoms with Crippen LogP contribution in [0.1, 0.15) is 49.4 Å². The fourth-order valence-electron chi connectivity index (χ4n) is 5.62. The van der Waals surface area contributed by atoms with Crippen LogP contribution in [0.3, 0.4) is 0 Å². The highest BCUT2D eigenvalue weighted by Crippen LogP contribution is 2.41. The Morgan fingerprint density at radius 1 is 1.06 bits per heavy atom. The number of imide groups is 1. The molecule has 5 rings (SSSR count). The first kappa shape index (κ1) is 23.1. The van der Waals surface area contributed by atoms with E-state index in [-0.39, 0.29) is 30.3 Å². The van der Waals surface area contributed by atoms with Gasteiger partial charge in [0.15, 0.2) is 0 Å². The van der Waals surface area contributed by atoms with E-state index < -0.39 is 17.0 Å². The van der Waals surface area contributed by atoms with E-state index >= 15 is 0 Å². The second kappa shape index (κ2) is 8.22. The predicted molar refractivity (Wildman–Crippen MR) is 130 cm³/mol. The van der Waals surface area contributed by atoms with Crippen LogP contribution in [0.5, 0.6) is 0 Å². The number of likely N-dealkylation sites (N-methyl/N-ethyl adjacent to an activating group) is 1. The molecular formula is C27H30N4O4. The van der Waals surface area contributed by atoms with Crippen LogP contribution in [0, 0.1) is 5.41 Å². The van der Waals surface area contributed by atoms with Crippen molar-refractivity contribution in [1.29, 1.82) is 0 Å². The monoisotopic (exact) mass is 474 g/mol. The van der Waals surface area contributed by atoms with Crippen LogP contribution in [0.25, 0.3) is 0 Å². The number of piperidine rings is 1. The van der Waals surface area contributed by atoms with Gasteiger partial charge < -0.3 is 15.1 Å². The molecule has 2 unspecified atom stereocenters. The Hall–Kier alpha value is -3.68. The lowest BCUT2D eigenvalue weighted by Gasteiger charge is -2.43. The van der Waals surface area contributed by atoms with Crippen molar-refractivity contribution >= 4 is 29.4 Å². The lowest BCUT2D eigenvalue weighted by molar-refractivity contribution is -0.150. The van der Waals surface area contributed by atoms with Crippen LogP contribution in [-0.4, -0.2) is 52.7 Å². The zero-order chi connectivity index (χ0) is 25.0. The number of anilines is 1. The minimum Gasteiger partial charge on any atom is -0.326 e. The predicted octanol–water partition coefficient (Wildman–Crippen LogP) is 3.03. The summed E-state index contributed by atoms with van der Waals surface area (Å²) in [6, 6.07) is 14.9. The minimum absolute atomic E-state index is 0.0244. The molecule has 2 aliphatic heterocycles. The fraction of sp³-hybridized carbons (Fsp3) is 0.407. The van der Waals surface area contributed by atoms with E-state index in [0.717, 1.165) is 29.5 Å². The van der Waals surface area contributed by atoms with Crippen LogP contribution in [0.2, 0.25) is 0 Å². The number of carbonyl (C=O) groups is 4. The zero-order valence-electron chi connectivity index (χ0n) is 20.3. The van der Waals surface area contributed by atoms with E-state index in [1.807, 2.05) is 56.3 Å². The SMILES string of the molecule is CN1C(=O)NC(=O)C12Cc1ccc(NC(=O)CN3C(=O)C(C)(C)CCC3c3ccccc3)cc1C2. The van der Waals surface area contributed by atoms with Crippen molar-refractivity contribution in [2.75, 3.05) is 18.9 Å². The second-order valence-electron chi connectivity index (χ2n) is 10.5. The quantitative estimate of drug-likeness (QED) is 0.666. The van der Waals surface area contributed by atoms with Gasteiger partial charge in [0.2, 0.25) is 11.8 Å². The average molecular weight is 475 g/mol. The normalized spacial score (nSPS) is 25.1. The van der Waals surface area contributed by atoms with Gasteiger partial charge in [-0.25, -0.2) is 4.79 Å². The molecule has 2 atom stereocenters. The molecule has 5 amide bonds. The molecule has 2 heterocycles. The van der Waals surface area contributed by atoms with Crippen molar-refractivity contribution in [3.8, 4) is 0 Å². The molecule has 0 aromatic heterocycles. The van der Waals surface area contributed by atoms with Crippen LogP contribution < -0.4 is 10.6 Å². The molecule has 0 saturated carbocycles. The number of hydrogen-bond acceptors (Lipinski definition) is 4. The Morgan fingerprint density at radius 2 is 1.77 bits per heavy atom. The molecule has 1 spiro atoms. The number of fused-ring (bicyclic) bond motifs is 1. The Balaban J connectivity index is 1.32. The number of rotatable bonds is 4. The number of amides is 5. The maximum Gasteiger partial charge on any atom is 0.324 e. The molecule has 3 aliphatic rings. The van der Waals surface area contributed by atoms with Crippen LogP contribution >= 0.6 is 0 Å². The summed E-state index contributed by atoms with van der Waals surface area (Å²) in [4.78, 5) is 54.1. The van der Waals surface area contributed by atoms with E-state index in [4.69, 9.17) is 0 Å². The molecule has 8 nitrogen and oxygen atoms in total. The van der Waals surface area contributed by atoms with Gasteiger partial charge in [-0.15, -0.1) is 0 Å². The van der Waals surface area contributed by atoms with Crippen LogP contribution in [-0.2, 0) is 27.2 Å². The molecule has 8 heteroatoms. The third kappa shape index (κ3) is 3.87. The molecular weight excluding hydrogens is 444 g/mol. The number of benzene rings is 2. The van der Waals surface area contributed by atoms with E-state index in [0.29, 0.717) is 18.5 Å². The summed E-state index contributed by atoms with van der Waals surface area (Å²) >= 11 is 0. The van der Waals surface area contributed by atoms with E-state index in [2.05, 4.69) is 10.6 Å². The van der Waals surface area contributed by atoms with Gasteiger partial charge in [0.05, 0.1) is 6.04 Å². The number of likely N-dealkylation sites (tertiary alicyclic amines) is 1. The highest BCUT2D eigenvalue weighted by atomic mass is 16.2. The third-order valence-electron chi connectivity index (χ3n) is 7.80. The summed E-state index contributed by atoms with van der Waals surface area (Å²) in [5.74, 6) is -0.580. The second-order valence-corrected chi connectivity index (χ2v) is 10.5. The van der Waals surface area contributed by atoms with Gasteiger partial charge in [-0.1, -0.05) is 50.2 Å². The van der Waals surface area contributed by atoms with E-state index in [1.165, 1.54) is 4.90 Å². The van der Waals surface area contributed by atoms with Crippen molar-refractivity contribution in [3.63, 3.8) is 0 Å². The van der Waals surface area contributed by atoms with Crippen LogP contribution in [0.4, 0.5) is 10.5 Å².